The highest BCUT2D eigenvalue weighted by Gasteiger charge is 2.34. The van der Waals surface area contributed by atoms with Crippen LogP contribution in [0, 0.1) is 11.8 Å². The molecular formula is C23H34N2O2S. The Balaban J connectivity index is 2.23. The first-order chi connectivity index (χ1) is 13.2. The molecule has 4 nitrogen and oxygen atoms in total. The molecule has 0 amide bonds. The molecule has 1 aromatic rings. The van der Waals surface area contributed by atoms with Crippen molar-refractivity contribution in [1.82, 2.24) is 9.21 Å². The van der Waals surface area contributed by atoms with Gasteiger partial charge in [0.05, 0.1) is 5.57 Å². The Morgan fingerprint density at radius 1 is 1.39 bits per heavy atom. The lowest BCUT2D eigenvalue weighted by Crippen LogP contribution is -2.34. The van der Waals surface area contributed by atoms with E-state index in [1.807, 2.05) is 36.7 Å². The van der Waals surface area contributed by atoms with Crippen molar-refractivity contribution in [3.05, 3.63) is 59.3 Å². The average Bonchev–Trinajstić information content (AvgIpc) is 3.35. The summed E-state index contributed by atoms with van der Waals surface area (Å²) in [6, 6.07) is 10.4. The molecule has 1 aromatic carbocycles. The maximum absolute atomic E-state index is 11.9. The fourth-order valence-electron chi connectivity index (χ4n) is 3.26. The summed E-state index contributed by atoms with van der Waals surface area (Å²) < 4.78 is 2.01. The largest absolute Gasteiger partial charge is 0.478 e. The number of allylic oxidation sites excluding steroid dienone is 1. The molecule has 5 heteroatoms. The fourth-order valence-corrected chi connectivity index (χ4v) is 3.80. The van der Waals surface area contributed by atoms with Crippen molar-refractivity contribution in [2.45, 2.75) is 39.8 Å². The van der Waals surface area contributed by atoms with Crippen LogP contribution in [0.25, 0.3) is 0 Å². The van der Waals surface area contributed by atoms with Gasteiger partial charge in [-0.15, -0.1) is 10.7 Å². The average molecular weight is 403 g/mol. The van der Waals surface area contributed by atoms with Gasteiger partial charge in [0.2, 0.25) is 0 Å². The van der Waals surface area contributed by atoms with Crippen LogP contribution in [-0.2, 0) is 11.3 Å². The number of aliphatic carboxylic acids is 1. The van der Waals surface area contributed by atoms with Crippen molar-refractivity contribution in [3.63, 3.8) is 0 Å². The Bertz CT molecular complexity index is 757. The Morgan fingerprint density at radius 3 is 2.50 bits per heavy atom. The molecule has 1 saturated carbocycles. The molecule has 0 heterocycles. The van der Waals surface area contributed by atoms with Crippen LogP contribution in [0.4, 0.5) is 0 Å². The van der Waals surface area contributed by atoms with E-state index in [-0.39, 0.29) is 16.7 Å². The van der Waals surface area contributed by atoms with Gasteiger partial charge >= 0.3 is 5.97 Å². The molecule has 2 rings (SSSR count). The van der Waals surface area contributed by atoms with Gasteiger partial charge < -0.3 is 9.41 Å². The number of hydrogen-bond acceptors (Lipinski definition) is 3. The lowest BCUT2D eigenvalue weighted by molar-refractivity contribution is -0.132. The maximum atomic E-state index is 11.9. The third kappa shape index (κ3) is 6.64. The number of carbonyl (C=O) groups is 1. The predicted octanol–water partition coefficient (Wildman–Crippen LogP) is 4.63. The number of nitrogens with zero attached hydrogens (tertiary/aromatic N) is 2. The quantitative estimate of drug-likeness (QED) is 0.352. The van der Waals surface area contributed by atoms with Gasteiger partial charge in [0.15, 0.2) is 0 Å². The van der Waals surface area contributed by atoms with E-state index in [0.29, 0.717) is 11.5 Å². The maximum Gasteiger partial charge on any atom is 0.335 e. The third-order valence-electron chi connectivity index (χ3n) is 5.55. The molecule has 154 valence electrons. The number of hydrogen-bond donors (Lipinski definition) is 1. The molecule has 0 aliphatic heterocycles. The van der Waals surface area contributed by atoms with E-state index >= 15 is 0 Å². The van der Waals surface area contributed by atoms with Gasteiger partial charge in [0, 0.05) is 31.9 Å². The molecule has 0 radical (unpaired) electrons. The zero-order chi connectivity index (χ0) is 20.8. The second kappa shape index (κ2) is 10.1. The molecule has 1 aliphatic carbocycles. The van der Waals surface area contributed by atoms with Gasteiger partial charge in [0.1, 0.15) is 0 Å². The molecule has 1 N–H and O–H groups in total. The minimum absolute atomic E-state index is 0.0353. The highest BCUT2D eigenvalue weighted by molar-refractivity contribution is 8.11. The minimum Gasteiger partial charge on any atom is -0.478 e. The van der Waals surface area contributed by atoms with Crippen molar-refractivity contribution in [3.8, 4) is 0 Å². The first-order valence-electron chi connectivity index (χ1n) is 9.80. The summed E-state index contributed by atoms with van der Waals surface area (Å²) >= 11 is 0. The Kier molecular flexibility index (Phi) is 8.08. The summed E-state index contributed by atoms with van der Waals surface area (Å²) in [5.74, 6) is 4.62. The second-order valence-corrected chi connectivity index (χ2v) is 9.69. The van der Waals surface area contributed by atoms with Crippen LogP contribution < -0.4 is 0 Å². The van der Waals surface area contributed by atoms with Crippen LogP contribution in [0.15, 0.2) is 53.8 Å². The lowest BCUT2D eigenvalue weighted by Gasteiger charge is -2.28. The number of carboxylic acid groups (broad SMARTS) is 1. The van der Waals surface area contributed by atoms with Crippen LogP contribution in [-0.4, -0.2) is 52.0 Å². The Hall–Kier alpha value is -1.85. The summed E-state index contributed by atoms with van der Waals surface area (Å²) in [7, 11) is 1.76. The van der Waals surface area contributed by atoms with E-state index < -0.39 is 5.97 Å². The first kappa shape index (κ1) is 22.4. The summed E-state index contributed by atoms with van der Waals surface area (Å²) in [5, 5.41) is 9.74. The molecule has 0 bridgehead atoms. The van der Waals surface area contributed by atoms with Gasteiger partial charge in [-0.1, -0.05) is 49.2 Å². The molecule has 1 fully saturated rings. The predicted molar refractivity (Wildman–Crippen MR) is 121 cm³/mol. The van der Waals surface area contributed by atoms with E-state index in [2.05, 4.69) is 48.9 Å². The minimum atomic E-state index is -0.890. The van der Waals surface area contributed by atoms with Gasteiger partial charge in [0.25, 0.3) is 0 Å². The van der Waals surface area contributed by atoms with E-state index in [1.54, 1.807) is 6.08 Å². The van der Waals surface area contributed by atoms with Crippen LogP contribution in [0.2, 0.25) is 0 Å². The molecule has 0 aromatic heterocycles. The molecule has 1 aliphatic rings. The van der Waals surface area contributed by atoms with E-state index in [4.69, 9.17) is 0 Å². The number of rotatable bonds is 10. The van der Waals surface area contributed by atoms with E-state index in [9.17, 15) is 9.90 Å². The topological polar surface area (TPSA) is 43.8 Å². The van der Waals surface area contributed by atoms with Gasteiger partial charge in [-0.2, -0.15) is 0 Å². The van der Waals surface area contributed by atoms with Crippen molar-refractivity contribution in [2.24, 2.45) is 11.8 Å². The molecule has 4 atom stereocenters. The second-order valence-electron chi connectivity index (χ2n) is 7.94. The highest BCUT2D eigenvalue weighted by Crippen LogP contribution is 2.39. The van der Waals surface area contributed by atoms with Crippen LogP contribution >= 0.6 is 10.7 Å². The van der Waals surface area contributed by atoms with Crippen LogP contribution in [0.5, 0.6) is 0 Å². The summed E-state index contributed by atoms with van der Waals surface area (Å²) in [4.78, 5) is 14.3. The molecule has 0 spiro atoms. The highest BCUT2D eigenvalue weighted by atomic mass is 32.2. The SMILES string of the molecule is C=S(C)N(C)/C(C)=C/C(=C\C(C)N(Cc1ccccc1)CC1CC1C)C(=O)O. The number of carboxylic acids is 1. The van der Waals surface area contributed by atoms with Crippen LogP contribution in [0.1, 0.15) is 32.8 Å². The molecule has 4 unspecified atom stereocenters. The molecule has 0 saturated heterocycles. The Labute approximate surface area is 172 Å². The number of benzene rings is 1. The monoisotopic (exact) mass is 402 g/mol. The van der Waals surface area contributed by atoms with Crippen molar-refractivity contribution in [2.75, 3.05) is 19.8 Å². The zero-order valence-electron chi connectivity index (χ0n) is 17.8. The van der Waals surface area contributed by atoms with Crippen LogP contribution in [0.3, 0.4) is 0 Å². The normalized spacial score (nSPS) is 22.1. The summed E-state index contributed by atoms with van der Waals surface area (Å²) in [6.45, 7) is 8.15. The summed E-state index contributed by atoms with van der Waals surface area (Å²) in [6.07, 6.45) is 6.92. The standard InChI is InChI=1S/C23H34N2O2S/c1-17-12-22(17)16-25(15-20-10-8-7-9-11-20)19(3)14-21(23(26)27)13-18(2)24(4)28(5)6/h7-11,13-14,17,19,22H,5,12,15-16H2,1-4,6H3,(H,26,27)/b18-13+,21-14+. The Morgan fingerprint density at radius 2 is 2.00 bits per heavy atom. The molecular weight excluding hydrogens is 368 g/mol. The van der Waals surface area contributed by atoms with Gasteiger partial charge in [-0.3, -0.25) is 4.90 Å². The van der Waals surface area contributed by atoms with Gasteiger partial charge in [-0.25, -0.2) is 4.79 Å². The van der Waals surface area contributed by atoms with Crippen molar-refractivity contribution >= 4 is 22.5 Å². The first-order valence-corrected chi connectivity index (χ1v) is 11.6. The lowest BCUT2D eigenvalue weighted by atomic mass is 10.1. The fraction of sp³-hybridized carbons (Fsp3) is 0.478. The van der Waals surface area contributed by atoms with Gasteiger partial charge in [-0.05, 0) is 50.0 Å². The third-order valence-corrected chi connectivity index (χ3v) is 6.77. The molecule has 28 heavy (non-hydrogen) atoms. The van der Waals surface area contributed by atoms with E-state index in [1.165, 1.54) is 12.0 Å². The van der Waals surface area contributed by atoms with E-state index in [0.717, 1.165) is 24.7 Å². The van der Waals surface area contributed by atoms with Crippen molar-refractivity contribution < 1.29 is 9.90 Å². The van der Waals surface area contributed by atoms with Crippen molar-refractivity contribution in [1.29, 1.82) is 0 Å². The summed E-state index contributed by atoms with van der Waals surface area (Å²) in [5.41, 5.74) is 2.50. The smallest absolute Gasteiger partial charge is 0.335 e. The zero-order valence-corrected chi connectivity index (χ0v) is 18.6.